The average Bonchev–Trinajstić information content (AvgIpc) is 2.47. The van der Waals surface area contributed by atoms with Crippen molar-refractivity contribution in [2.45, 2.75) is 25.3 Å². The molecule has 0 saturated carbocycles. The smallest absolute Gasteiger partial charge is 0.243 e. The molecule has 0 saturated heterocycles. The number of aryl methyl sites for hydroxylation is 2. The van der Waals surface area contributed by atoms with Crippen molar-refractivity contribution in [3.63, 3.8) is 0 Å². The zero-order valence-electron chi connectivity index (χ0n) is 13.3. The van der Waals surface area contributed by atoms with E-state index in [0.717, 1.165) is 16.7 Å². The molecule has 0 spiro atoms. The molecule has 5 heteroatoms. The van der Waals surface area contributed by atoms with E-state index in [-0.39, 0.29) is 4.90 Å². The normalized spacial score (nSPS) is 11.7. The Labute approximate surface area is 132 Å². The molecule has 0 atom stereocenters. The van der Waals surface area contributed by atoms with Crippen molar-refractivity contribution in [1.29, 1.82) is 0 Å². The van der Waals surface area contributed by atoms with Gasteiger partial charge in [-0.2, -0.15) is 4.31 Å². The first-order valence-electron chi connectivity index (χ1n) is 7.01. The molecule has 0 aliphatic rings. The fraction of sp³-hybridized carbons (Fsp3) is 0.294. The number of hydrogen-bond donors (Lipinski definition) is 0. The van der Waals surface area contributed by atoms with E-state index >= 15 is 0 Å². The summed E-state index contributed by atoms with van der Waals surface area (Å²) in [5.41, 5.74) is 2.88. The molecule has 2 aromatic rings. The van der Waals surface area contributed by atoms with E-state index in [9.17, 15) is 8.42 Å². The van der Waals surface area contributed by atoms with E-state index in [2.05, 4.69) is 0 Å². The molecule has 2 rings (SSSR count). The highest BCUT2D eigenvalue weighted by Crippen LogP contribution is 2.24. The molecule has 0 aromatic heterocycles. The molecule has 0 N–H and O–H groups in total. The first kappa shape index (κ1) is 16.5. The van der Waals surface area contributed by atoms with Gasteiger partial charge in [-0.05, 0) is 43.2 Å². The Balaban J connectivity index is 2.27. The highest BCUT2D eigenvalue weighted by atomic mass is 32.2. The molecule has 22 heavy (non-hydrogen) atoms. The SMILES string of the molecule is COc1ccc(S(=O)(=O)N(C)Cc2cccc(C)c2)cc1C. The summed E-state index contributed by atoms with van der Waals surface area (Å²) in [7, 11) is -0.355. The lowest BCUT2D eigenvalue weighted by molar-refractivity contribution is 0.411. The largest absolute Gasteiger partial charge is 0.496 e. The Morgan fingerprint density at radius 3 is 2.41 bits per heavy atom. The third-order valence-corrected chi connectivity index (χ3v) is 5.36. The lowest BCUT2D eigenvalue weighted by atomic mass is 10.1. The third-order valence-electron chi connectivity index (χ3n) is 3.56. The van der Waals surface area contributed by atoms with Crippen molar-refractivity contribution >= 4 is 10.0 Å². The van der Waals surface area contributed by atoms with Crippen LogP contribution in [0.25, 0.3) is 0 Å². The molecule has 0 bridgehead atoms. The topological polar surface area (TPSA) is 46.6 Å². The van der Waals surface area contributed by atoms with Gasteiger partial charge < -0.3 is 4.74 Å². The van der Waals surface area contributed by atoms with Crippen molar-refractivity contribution in [1.82, 2.24) is 4.31 Å². The van der Waals surface area contributed by atoms with Crippen LogP contribution in [0, 0.1) is 13.8 Å². The van der Waals surface area contributed by atoms with Crippen molar-refractivity contribution < 1.29 is 13.2 Å². The van der Waals surface area contributed by atoms with Gasteiger partial charge in [0, 0.05) is 13.6 Å². The molecule has 0 fully saturated rings. The quantitative estimate of drug-likeness (QED) is 0.850. The molecule has 4 nitrogen and oxygen atoms in total. The minimum Gasteiger partial charge on any atom is -0.496 e. The van der Waals surface area contributed by atoms with Crippen molar-refractivity contribution in [2.24, 2.45) is 0 Å². The van der Waals surface area contributed by atoms with Gasteiger partial charge in [0.2, 0.25) is 10.0 Å². The summed E-state index contributed by atoms with van der Waals surface area (Å²) >= 11 is 0. The van der Waals surface area contributed by atoms with Crippen LogP contribution < -0.4 is 4.74 Å². The van der Waals surface area contributed by atoms with Gasteiger partial charge in [0.25, 0.3) is 0 Å². The molecule has 0 heterocycles. The van der Waals surface area contributed by atoms with Crippen LogP contribution in [-0.4, -0.2) is 26.9 Å². The fourth-order valence-electron chi connectivity index (χ4n) is 2.34. The summed E-state index contributed by atoms with van der Waals surface area (Å²) in [5, 5.41) is 0. The second-order valence-corrected chi connectivity index (χ2v) is 7.43. The van der Waals surface area contributed by atoms with Gasteiger partial charge in [0.15, 0.2) is 0 Å². The highest BCUT2D eigenvalue weighted by Gasteiger charge is 2.21. The maximum atomic E-state index is 12.7. The fourth-order valence-corrected chi connectivity index (χ4v) is 3.59. The van der Waals surface area contributed by atoms with Gasteiger partial charge in [-0.25, -0.2) is 8.42 Å². The molecule has 0 unspecified atom stereocenters. The summed E-state index contributed by atoms with van der Waals surface area (Å²) in [6, 6.07) is 12.7. The number of benzene rings is 2. The molecule has 0 aliphatic carbocycles. The van der Waals surface area contributed by atoms with Gasteiger partial charge in [-0.1, -0.05) is 29.8 Å². The summed E-state index contributed by atoms with van der Waals surface area (Å²) in [6.45, 7) is 4.17. The number of ether oxygens (including phenoxy) is 1. The molecule has 2 aromatic carbocycles. The van der Waals surface area contributed by atoms with E-state index in [1.807, 2.05) is 38.1 Å². The van der Waals surface area contributed by atoms with E-state index in [1.54, 1.807) is 32.4 Å². The van der Waals surface area contributed by atoms with E-state index < -0.39 is 10.0 Å². The summed E-state index contributed by atoms with van der Waals surface area (Å²) in [6.07, 6.45) is 0. The maximum absolute atomic E-state index is 12.7. The molecule has 0 radical (unpaired) electrons. The average molecular weight is 319 g/mol. The van der Waals surface area contributed by atoms with E-state index in [4.69, 9.17) is 4.74 Å². The highest BCUT2D eigenvalue weighted by molar-refractivity contribution is 7.89. The molecule has 0 amide bonds. The zero-order valence-corrected chi connectivity index (χ0v) is 14.1. The number of methoxy groups -OCH3 is 1. The zero-order chi connectivity index (χ0) is 16.3. The van der Waals surface area contributed by atoms with Crippen LogP contribution in [0.1, 0.15) is 16.7 Å². The van der Waals surface area contributed by atoms with Crippen molar-refractivity contribution in [3.05, 3.63) is 59.2 Å². The predicted octanol–water partition coefficient (Wildman–Crippen LogP) is 3.13. The minimum absolute atomic E-state index is 0.279. The standard InChI is InChI=1S/C17H21NO3S/c1-13-6-5-7-15(10-13)12-18(3)22(19,20)16-8-9-17(21-4)14(2)11-16/h5-11H,12H2,1-4H3. The lowest BCUT2D eigenvalue weighted by Crippen LogP contribution is -2.26. The van der Waals surface area contributed by atoms with E-state index in [1.165, 1.54) is 4.31 Å². The Morgan fingerprint density at radius 2 is 1.82 bits per heavy atom. The van der Waals surface area contributed by atoms with Crippen LogP contribution in [0.2, 0.25) is 0 Å². The van der Waals surface area contributed by atoms with Crippen LogP contribution >= 0.6 is 0 Å². The monoisotopic (exact) mass is 319 g/mol. The minimum atomic E-state index is -3.52. The Bertz CT molecular complexity index is 769. The first-order valence-corrected chi connectivity index (χ1v) is 8.45. The number of rotatable bonds is 5. The number of sulfonamides is 1. The van der Waals surface area contributed by atoms with Gasteiger partial charge in [0.1, 0.15) is 5.75 Å². The van der Waals surface area contributed by atoms with Gasteiger partial charge >= 0.3 is 0 Å². The van der Waals surface area contributed by atoms with Crippen LogP contribution in [0.5, 0.6) is 5.75 Å². The lowest BCUT2D eigenvalue weighted by Gasteiger charge is -2.18. The Kier molecular flexibility index (Phi) is 4.88. The predicted molar refractivity (Wildman–Crippen MR) is 87.6 cm³/mol. The van der Waals surface area contributed by atoms with Crippen LogP contribution in [0.15, 0.2) is 47.4 Å². The van der Waals surface area contributed by atoms with Crippen LogP contribution in [0.3, 0.4) is 0 Å². The summed E-state index contributed by atoms with van der Waals surface area (Å²) in [5.74, 6) is 0.681. The maximum Gasteiger partial charge on any atom is 0.243 e. The van der Waals surface area contributed by atoms with Crippen LogP contribution in [-0.2, 0) is 16.6 Å². The molecular formula is C17H21NO3S. The van der Waals surface area contributed by atoms with Gasteiger partial charge in [0.05, 0.1) is 12.0 Å². The molecule has 118 valence electrons. The van der Waals surface area contributed by atoms with Crippen LogP contribution in [0.4, 0.5) is 0 Å². The van der Waals surface area contributed by atoms with Gasteiger partial charge in [-0.3, -0.25) is 0 Å². The summed E-state index contributed by atoms with van der Waals surface area (Å²) < 4.78 is 31.9. The second-order valence-electron chi connectivity index (χ2n) is 5.38. The van der Waals surface area contributed by atoms with E-state index in [0.29, 0.717) is 12.3 Å². The third kappa shape index (κ3) is 3.48. The number of nitrogens with zero attached hydrogens (tertiary/aromatic N) is 1. The Hall–Kier alpha value is -1.85. The first-order chi connectivity index (χ1) is 10.3. The van der Waals surface area contributed by atoms with Crippen molar-refractivity contribution in [3.8, 4) is 5.75 Å². The molecule has 0 aliphatic heterocycles. The number of hydrogen-bond acceptors (Lipinski definition) is 3. The van der Waals surface area contributed by atoms with Gasteiger partial charge in [-0.15, -0.1) is 0 Å². The summed E-state index contributed by atoms with van der Waals surface area (Å²) in [4.78, 5) is 0.279. The van der Waals surface area contributed by atoms with Crippen molar-refractivity contribution in [2.75, 3.05) is 14.2 Å². The Morgan fingerprint density at radius 1 is 1.09 bits per heavy atom. The second kappa shape index (κ2) is 6.50. The molecular weight excluding hydrogens is 298 g/mol.